The van der Waals surface area contributed by atoms with E-state index in [4.69, 9.17) is 4.74 Å². The standard InChI is InChI=1S/C25H33N7O4S/c1-23(2,3)22(35)36-13-30-28-18(27-29-30)17-24(4,5)37-21-16(20(34)31(17)21)32-19(33)15(26-25(32,6)7)14-11-9-8-10-12-14/h8-12,15-17,21,26H,13H2,1-7H3/t15?,16?,17?,21-/m1/s1. The molecule has 198 valence electrons. The van der Waals surface area contributed by atoms with Crippen LogP contribution in [0.1, 0.15) is 71.9 Å². The molecule has 0 spiro atoms. The molecule has 12 heteroatoms. The second kappa shape index (κ2) is 8.52. The summed E-state index contributed by atoms with van der Waals surface area (Å²) in [6.45, 7) is 13.1. The summed E-state index contributed by atoms with van der Waals surface area (Å²) in [6, 6.07) is 8.02. The number of hydrogen-bond donors (Lipinski definition) is 1. The Bertz CT molecular complexity index is 1240. The highest BCUT2D eigenvalue weighted by atomic mass is 32.2. The Morgan fingerprint density at radius 1 is 1.11 bits per heavy atom. The number of β-lactam (4-membered cyclic amide) rings is 1. The van der Waals surface area contributed by atoms with E-state index in [0.717, 1.165) is 5.56 Å². The first-order chi connectivity index (χ1) is 17.2. The Labute approximate surface area is 220 Å². The van der Waals surface area contributed by atoms with Crippen molar-refractivity contribution in [3.8, 4) is 0 Å². The zero-order chi connectivity index (χ0) is 26.9. The number of hydrogen-bond acceptors (Lipinski definition) is 9. The molecule has 0 radical (unpaired) electrons. The van der Waals surface area contributed by atoms with Gasteiger partial charge >= 0.3 is 5.97 Å². The Kier molecular flexibility index (Phi) is 5.91. The van der Waals surface area contributed by atoms with E-state index in [1.54, 1.807) is 42.3 Å². The quantitative estimate of drug-likeness (QED) is 0.461. The van der Waals surface area contributed by atoms with Gasteiger partial charge in [0.05, 0.1) is 11.1 Å². The van der Waals surface area contributed by atoms with Crippen LogP contribution in [-0.4, -0.2) is 69.6 Å². The van der Waals surface area contributed by atoms with Crippen molar-refractivity contribution < 1.29 is 19.1 Å². The van der Waals surface area contributed by atoms with Gasteiger partial charge in [0.25, 0.3) is 0 Å². The maximum Gasteiger partial charge on any atom is 0.313 e. The molecule has 3 fully saturated rings. The Morgan fingerprint density at radius 2 is 1.78 bits per heavy atom. The Hall–Kier alpha value is -2.99. The van der Waals surface area contributed by atoms with Crippen LogP contribution in [-0.2, 0) is 25.9 Å². The van der Waals surface area contributed by atoms with E-state index < -0.39 is 34.0 Å². The van der Waals surface area contributed by atoms with Crippen LogP contribution in [0.2, 0.25) is 0 Å². The van der Waals surface area contributed by atoms with Crippen LogP contribution in [0.5, 0.6) is 0 Å². The van der Waals surface area contributed by atoms with Gasteiger partial charge in [-0.05, 0) is 59.2 Å². The van der Waals surface area contributed by atoms with E-state index in [1.807, 2.05) is 58.0 Å². The first kappa shape index (κ1) is 25.7. The highest BCUT2D eigenvalue weighted by molar-refractivity contribution is 8.01. The zero-order valence-electron chi connectivity index (χ0n) is 22.1. The average Bonchev–Trinajstić information content (AvgIpc) is 3.44. The van der Waals surface area contributed by atoms with Crippen LogP contribution < -0.4 is 5.32 Å². The van der Waals surface area contributed by atoms with Crippen molar-refractivity contribution in [2.75, 3.05) is 0 Å². The summed E-state index contributed by atoms with van der Waals surface area (Å²) in [5.74, 6) is -0.239. The lowest BCUT2D eigenvalue weighted by molar-refractivity contribution is -0.165. The van der Waals surface area contributed by atoms with Gasteiger partial charge in [0.15, 0.2) is 5.82 Å². The van der Waals surface area contributed by atoms with Gasteiger partial charge in [0.1, 0.15) is 23.5 Å². The van der Waals surface area contributed by atoms with Crippen LogP contribution >= 0.6 is 11.8 Å². The Morgan fingerprint density at radius 3 is 2.43 bits per heavy atom. The fourth-order valence-electron chi connectivity index (χ4n) is 5.26. The normalized spacial score (nSPS) is 28.3. The van der Waals surface area contributed by atoms with Gasteiger partial charge in [-0.3, -0.25) is 19.7 Å². The molecule has 3 unspecified atom stereocenters. The van der Waals surface area contributed by atoms with E-state index in [0.29, 0.717) is 5.82 Å². The number of aromatic nitrogens is 4. The maximum absolute atomic E-state index is 13.6. The van der Waals surface area contributed by atoms with E-state index in [9.17, 15) is 14.4 Å². The van der Waals surface area contributed by atoms with Gasteiger partial charge in [-0.15, -0.1) is 26.8 Å². The van der Waals surface area contributed by atoms with E-state index in [1.165, 1.54) is 4.80 Å². The monoisotopic (exact) mass is 527 g/mol. The molecule has 1 aromatic heterocycles. The smallest absolute Gasteiger partial charge is 0.313 e. The first-order valence-corrected chi connectivity index (χ1v) is 13.2. The second-order valence-corrected chi connectivity index (χ2v) is 13.6. The number of tetrazole rings is 1. The number of fused-ring (bicyclic) bond motifs is 1. The third kappa shape index (κ3) is 4.19. The van der Waals surface area contributed by atoms with Gasteiger partial charge in [-0.2, -0.15) is 0 Å². The van der Waals surface area contributed by atoms with Gasteiger partial charge in [0.2, 0.25) is 18.5 Å². The number of thioether (sulfide) groups is 1. The summed E-state index contributed by atoms with van der Waals surface area (Å²) in [6.07, 6.45) is 0. The number of rotatable bonds is 5. The molecule has 4 heterocycles. The lowest BCUT2D eigenvalue weighted by Crippen LogP contribution is -2.71. The number of nitrogens with zero attached hydrogens (tertiary/aromatic N) is 6. The molecule has 2 aromatic rings. The van der Waals surface area contributed by atoms with Crippen LogP contribution in [0.15, 0.2) is 30.3 Å². The van der Waals surface area contributed by atoms with Crippen molar-refractivity contribution >= 4 is 29.5 Å². The zero-order valence-corrected chi connectivity index (χ0v) is 22.9. The number of ether oxygens (including phenoxy) is 1. The maximum atomic E-state index is 13.6. The third-order valence-electron chi connectivity index (χ3n) is 7.04. The largest absolute Gasteiger partial charge is 0.440 e. The Balaban J connectivity index is 1.35. The van der Waals surface area contributed by atoms with Crippen molar-refractivity contribution in [1.29, 1.82) is 0 Å². The van der Waals surface area contributed by atoms with Crippen LogP contribution in [0, 0.1) is 5.41 Å². The molecule has 3 saturated heterocycles. The molecular formula is C25H33N7O4S. The molecule has 1 aromatic carbocycles. The summed E-state index contributed by atoms with van der Waals surface area (Å²) in [5, 5.41) is 15.8. The highest BCUT2D eigenvalue weighted by Crippen LogP contribution is 2.58. The van der Waals surface area contributed by atoms with Gasteiger partial charge in [0, 0.05) is 4.75 Å². The molecular weight excluding hydrogens is 494 g/mol. The van der Waals surface area contributed by atoms with Crippen molar-refractivity contribution in [3.63, 3.8) is 0 Å². The molecule has 37 heavy (non-hydrogen) atoms. The SMILES string of the molecule is CC(C)(C)C(=O)OCn1nnc(C2N3C(=O)C(N4C(=O)C(c5ccccc5)NC4(C)C)[C@H]3SC2(C)C)n1. The first-order valence-electron chi connectivity index (χ1n) is 12.3. The molecule has 0 aliphatic carbocycles. The number of esters is 1. The molecule has 5 rings (SSSR count). The minimum absolute atomic E-state index is 0.110. The number of carbonyl (C=O) groups excluding carboxylic acids is 3. The summed E-state index contributed by atoms with van der Waals surface area (Å²) >= 11 is 1.63. The highest BCUT2D eigenvalue weighted by Gasteiger charge is 2.67. The van der Waals surface area contributed by atoms with Gasteiger partial charge in [-0.25, -0.2) is 0 Å². The molecule has 3 aliphatic heterocycles. The lowest BCUT2D eigenvalue weighted by atomic mass is 9.93. The fourth-order valence-corrected chi connectivity index (χ4v) is 6.93. The van der Waals surface area contributed by atoms with Crippen molar-refractivity contribution in [3.05, 3.63) is 41.7 Å². The number of nitrogens with one attached hydrogen (secondary N) is 1. The summed E-state index contributed by atoms with van der Waals surface area (Å²) in [4.78, 5) is 44.0. The molecule has 2 amide bonds. The second-order valence-electron chi connectivity index (χ2n) is 11.8. The van der Waals surface area contributed by atoms with Crippen LogP contribution in [0.25, 0.3) is 0 Å². The summed E-state index contributed by atoms with van der Waals surface area (Å²) in [5.41, 5.74) is -0.475. The minimum atomic E-state index is -0.703. The van der Waals surface area contributed by atoms with E-state index in [2.05, 4.69) is 20.7 Å². The number of benzene rings is 1. The minimum Gasteiger partial charge on any atom is -0.440 e. The molecule has 11 nitrogen and oxygen atoms in total. The molecule has 4 atom stereocenters. The lowest BCUT2D eigenvalue weighted by Gasteiger charge is -2.50. The molecule has 3 aliphatic rings. The predicted molar refractivity (Wildman–Crippen MR) is 135 cm³/mol. The van der Waals surface area contributed by atoms with E-state index >= 15 is 0 Å². The topological polar surface area (TPSA) is 123 Å². The molecule has 0 bridgehead atoms. The number of amides is 2. The third-order valence-corrected chi connectivity index (χ3v) is 8.60. The van der Waals surface area contributed by atoms with Gasteiger partial charge in [-0.1, -0.05) is 30.3 Å². The van der Waals surface area contributed by atoms with E-state index in [-0.39, 0.29) is 29.9 Å². The van der Waals surface area contributed by atoms with Crippen molar-refractivity contribution in [1.82, 2.24) is 35.3 Å². The van der Waals surface area contributed by atoms with Crippen LogP contribution in [0.3, 0.4) is 0 Å². The predicted octanol–water partition coefficient (Wildman–Crippen LogP) is 2.23. The van der Waals surface area contributed by atoms with Gasteiger partial charge < -0.3 is 14.5 Å². The van der Waals surface area contributed by atoms with Crippen LogP contribution in [0.4, 0.5) is 0 Å². The number of carbonyl (C=O) groups is 3. The molecule has 1 N–H and O–H groups in total. The van der Waals surface area contributed by atoms with Crippen molar-refractivity contribution in [2.45, 2.75) is 89.1 Å². The summed E-state index contributed by atoms with van der Waals surface area (Å²) in [7, 11) is 0. The average molecular weight is 528 g/mol. The fraction of sp³-hybridized carbons (Fsp3) is 0.600. The summed E-state index contributed by atoms with van der Waals surface area (Å²) < 4.78 is 4.87. The van der Waals surface area contributed by atoms with Crippen molar-refractivity contribution in [2.24, 2.45) is 5.41 Å². The molecule has 0 saturated carbocycles.